The average molecular weight is 290 g/mol. The molecule has 2 heterocycles. The van der Waals surface area contributed by atoms with Crippen LogP contribution in [-0.2, 0) is 0 Å². The van der Waals surface area contributed by atoms with E-state index in [0.717, 1.165) is 37.7 Å². The third kappa shape index (κ3) is 3.95. The largest absolute Gasteiger partial charge is 0.490 e. The Balaban J connectivity index is 1.53. The van der Waals surface area contributed by atoms with Gasteiger partial charge in [-0.15, -0.1) is 0 Å². The Morgan fingerprint density at radius 2 is 2.19 bits per heavy atom. The molecule has 1 aliphatic heterocycles. The maximum absolute atomic E-state index is 8.94. The number of aliphatic hydroxyl groups is 1. The minimum Gasteiger partial charge on any atom is -0.490 e. The predicted molar refractivity (Wildman–Crippen MR) is 82.5 cm³/mol. The molecule has 1 aromatic rings. The molecule has 0 radical (unpaired) electrons. The van der Waals surface area contributed by atoms with Gasteiger partial charge >= 0.3 is 0 Å². The van der Waals surface area contributed by atoms with Crippen LogP contribution in [0.15, 0.2) is 18.5 Å². The van der Waals surface area contributed by atoms with Gasteiger partial charge in [0, 0.05) is 18.8 Å². The molecule has 3 rings (SSSR count). The third-order valence-corrected chi connectivity index (χ3v) is 4.89. The fraction of sp³-hybridized carbons (Fsp3) is 0.706. The van der Waals surface area contributed by atoms with Crippen molar-refractivity contribution in [2.75, 3.05) is 19.8 Å². The zero-order chi connectivity index (χ0) is 14.5. The third-order valence-electron chi connectivity index (χ3n) is 4.89. The van der Waals surface area contributed by atoms with Crippen molar-refractivity contribution in [2.24, 2.45) is 5.92 Å². The van der Waals surface area contributed by atoms with Crippen LogP contribution in [0.4, 0.5) is 0 Å². The molecule has 21 heavy (non-hydrogen) atoms. The van der Waals surface area contributed by atoms with Crippen molar-refractivity contribution in [1.82, 2.24) is 10.3 Å². The van der Waals surface area contributed by atoms with Gasteiger partial charge in [-0.1, -0.05) is 0 Å². The quantitative estimate of drug-likeness (QED) is 0.810. The van der Waals surface area contributed by atoms with Crippen LogP contribution in [0.3, 0.4) is 0 Å². The summed E-state index contributed by atoms with van der Waals surface area (Å²) in [7, 11) is 0. The molecule has 1 aromatic heterocycles. The van der Waals surface area contributed by atoms with Crippen molar-refractivity contribution in [1.29, 1.82) is 0 Å². The maximum Gasteiger partial charge on any atom is 0.137 e. The SMILES string of the molecule is OCCCC1CCC(c2cncc(OCC3CCN3)c2)C1. The highest BCUT2D eigenvalue weighted by atomic mass is 16.5. The zero-order valence-electron chi connectivity index (χ0n) is 12.6. The summed E-state index contributed by atoms with van der Waals surface area (Å²) in [5.41, 5.74) is 1.32. The van der Waals surface area contributed by atoms with E-state index in [1.807, 2.05) is 12.4 Å². The molecule has 3 unspecified atom stereocenters. The Hall–Kier alpha value is -1.13. The smallest absolute Gasteiger partial charge is 0.137 e. The standard InChI is InChI=1S/C17H26N2O2/c20-7-1-2-13-3-4-14(8-13)15-9-17(11-18-10-15)21-12-16-5-6-19-16/h9-11,13-14,16,19-20H,1-8,12H2. The van der Waals surface area contributed by atoms with Gasteiger partial charge in [-0.25, -0.2) is 0 Å². The van der Waals surface area contributed by atoms with Crippen LogP contribution in [-0.4, -0.2) is 35.9 Å². The predicted octanol–water partition coefficient (Wildman–Crippen LogP) is 2.48. The van der Waals surface area contributed by atoms with Crippen LogP contribution in [0.2, 0.25) is 0 Å². The average Bonchev–Trinajstić information content (AvgIpc) is 2.93. The summed E-state index contributed by atoms with van der Waals surface area (Å²) in [4.78, 5) is 4.35. The molecule has 2 fully saturated rings. The Bertz CT molecular complexity index is 448. The first-order valence-electron chi connectivity index (χ1n) is 8.27. The molecule has 0 aromatic carbocycles. The van der Waals surface area contributed by atoms with Gasteiger partial charge in [0.25, 0.3) is 0 Å². The van der Waals surface area contributed by atoms with Gasteiger partial charge in [0.05, 0.1) is 6.20 Å². The summed E-state index contributed by atoms with van der Waals surface area (Å²) in [6.07, 6.45) is 10.9. The van der Waals surface area contributed by atoms with E-state index in [1.165, 1.54) is 31.2 Å². The van der Waals surface area contributed by atoms with E-state index < -0.39 is 0 Å². The second-order valence-corrected chi connectivity index (χ2v) is 6.45. The molecule has 0 bridgehead atoms. The maximum atomic E-state index is 8.94. The van der Waals surface area contributed by atoms with E-state index in [2.05, 4.69) is 16.4 Å². The van der Waals surface area contributed by atoms with Crippen LogP contribution < -0.4 is 10.1 Å². The number of aliphatic hydroxyl groups excluding tert-OH is 1. The van der Waals surface area contributed by atoms with E-state index >= 15 is 0 Å². The highest BCUT2D eigenvalue weighted by Gasteiger charge is 2.26. The monoisotopic (exact) mass is 290 g/mol. The molecular weight excluding hydrogens is 264 g/mol. The highest BCUT2D eigenvalue weighted by Crippen LogP contribution is 2.40. The Morgan fingerprint density at radius 3 is 2.95 bits per heavy atom. The summed E-state index contributed by atoms with van der Waals surface area (Å²) < 4.78 is 5.84. The minimum absolute atomic E-state index is 0.321. The van der Waals surface area contributed by atoms with Crippen molar-refractivity contribution < 1.29 is 9.84 Å². The van der Waals surface area contributed by atoms with Crippen molar-refractivity contribution in [3.8, 4) is 5.75 Å². The lowest BCUT2D eigenvalue weighted by Gasteiger charge is -2.27. The van der Waals surface area contributed by atoms with Crippen molar-refractivity contribution in [3.05, 3.63) is 24.0 Å². The van der Waals surface area contributed by atoms with Gasteiger partial charge in [0.2, 0.25) is 0 Å². The first-order chi connectivity index (χ1) is 10.3. The van der Waals surface area contributed by atoms with Crippen molar-refractivity contribution in [2.45, 2.75) is 50.5 Å². The molecular formula is C17H26N2O2. The van der Waals surface area contributed by atoms with Crippen molar-refractivity contribution >= 4 is 0 Å². The number of nitrogens with one attached hydrogen (secondary N) is 1. The van der Waals surface area contributed by atoms with Gasteiger partial charge in [-0.2, -0.15) is 0 Å². The fourth-order valence-electron chi connectivity index (χ4n) is 3.45. The van der Waals surface area contributed by atoms with E-state index in [-0.39, 0.29) is 0 Å². The second-order valence-electron chi connectivity index (χ2n) is 6.45. The fourth-order valence-corrected chi connectivity index (χ4v) is 3.45. The van der Waals surface area contributed by atoms with E-state index in [1.54, 1.807) is 0 Å². The van der Waals surface area contributed by atoms with Gasteiger partial charge in [0.1, 0.15) is 12.4 Å². The number of pyridine rings is 1. The lowest BCUT2D eigenvalue weighted by molar-refractivity contribution is 0.216. The molecule has 4 nitrogen and oxygen atoms in total. The number of ether oxygens (including phenoxy) is 1. The van der Waals surface area contributed by atoms with Gasteiger partial charge < -0.3 is 15.2 Å². The first kappa shape index (κ1) is 14.8. The summed E-state index contributed by atoms with van der Waals surface area (Å²) in [6, 6.07) is 2.69. The van der Waals surface area contributed by atoms with Crippen LogP contribution >= 0.6 is 0 Å². The highest BCUT2D eigenvalue weighted by molar-refractivity contribution is 5.27. The zero-order valence-corrected chi connectivity index (χ0v) is 12.6. The molecule has 1 saturated heterocycles. The van der Waals surface area contributed by atoms with Gasteiger partial charge in [-0.3, -0.25) is 4.98 Å². The normalized spacial score (nSPS) is 28.3. The summed E-state index contributed by atoms with van der Waals surface area (Å²) in [6.45, 7) is 2.18. The molecule has 4 heteroatoms. The number of hydrogen-bond donors (Lipinski definition) is 2. The van der Waals surface area contributed by atoms with Crippen LogP contribution in [0.5, 0.6) is 5.75 Å². The van der Waals surface area contributed by atoms with Crippen molar-refractivity contribution in [3.63, 3.8) is 0 Å². The Labute approximate surface area is 126 Å². The Kier molecular flexibility index (Phi) is 5.09. The molecule has 116 valence electrons. The molecule has 3 atom stereocenters. The summed E-state index contributed by atoms with van der Waals surface area (Å²) in [5.74, 6) is 2.29. The summed E-state index contributed by atoms with van der Waals surface area (Å²) in [5, 5.41) is 12.3. The molecule has 0 amide bonds. The van der Waals surface area contributed by atoms with Gasteiger partial charge in [-0.05, 0) is 68.5 Å². The lowest BCUT2D eigenvalue weighted by Crippen LogP contribution is -2.46. The topological polar surface area (TPSA) is 54.4 Å². The second kappa shape index (κ2) is 7.23. The summed E-state index contributed by atoms with van der Waals surface area (Å²) >= 11 is 0. The van der Waals surface area contributed by atoms with E-state index in [4.69, 9.17) is 9.84 Å². The molecule has 2 N–H and O–H groups in total. The lowest BCUT2D eigenvalue weighted by atomic mass is 9.96. The van der Waals surface area contributed by atoms with Crippen LogP contribution in [0.1, 0.15) is 50.0 Å². The minimum atomic E-state index is 0.321. The molecule has 1 aliphatic carbocycles. The van der Waals surface area contributed by atoms with Crippen LogP contribution in [0.25, 0.3) is 0 Å². The molecule has 1 saturated carbocycles. The van der Waals surface area contributed by atoms with E-state index in [9.17, 15) is 0 Å². The number of hydrogen-bond acceptors (Lipinski definition) is 4. The molecule has 2 aliphatic rings. The first-order valence-corrected chi connectivity index (χ1v) is 8.27. The van der Waals surface area contributed by atoms with E-state index in [0.29, 0.717) is 18.6 Å². The van der Waals surface area contributed by atoms with Crippen LogP contribution in [0, 0.1) is 5.92 Å². The van der Waals surface area contributed by atoms with Gasteiger partial charge in [0.15, 0.2) is 0 Å². The number of rotatable bonds is 7. The number of nitrogens with zero attached hydrogens (tertiary/aromatic N) is 1. The Morgan fingerprint density at radius 1 is 1.29 bits per heavy atom. The number of aromatic nitrogens is 1. The molecule has 0 spiro atoms.